The van der Waals surface area contributed by atoms with Gasteiger partial charge in [0.15, 0.2) is 5.96 Å². The molecule has 142 valence electrons. The summed E-state index contributed by atoms with van der Waals surface area (Å²) in [4.78, 5) is 6.70. The SMILES string of the molecule is CN=C(NCc1ccc(F)c(C)c1)NCC(C)(C)N1CCOCC1.I. The van der Waals surface area contributed by atoms with Crippen molar-refractivity contribution in [3.8, 4) is 0 Å². The third-order valence-corrected chi connectivity index (χ3v) is 4.46. The Morgan fingerprint density at radius 1 is 1.28 bits per heavy atom. The average Bonchev–Trinajstić information content (AvgIpc) is 2.59. The quantitative estimate of drug-likeness (QED) is 0.400. The minimum Gasteiger partial charge on any atom is -0.379 e. The summed E-state index contributed by atoms with van der Waals surface area (Å²) >= 11 is 0. The molecule has 0 aliphatic carbocycles. The lowest BCUT2D eigenvalue weighted by molar-refractivity contribution is -0.00834. The van der Waals surface area contributed by atoms with Gasteiger partial charge >= 0.3 is 0 Å². The van der Waals surface area contributed by atoms with Gasteiger partial charge in [-0.05, 0) is 38.0 Å². The number of ether oxygens (including phenoxy) is 1. The first-order valence-electron chi connectivity index (χ1n) is 8.45. The summed E-state index contributed by atoms with van der Waals surface area (Å²) in [6.45, 7) is 11.1. The fraction of sp³-hybridized carbons (Fsp3) is 0.611. The molecule has 0 amide bonds. The molecule has 1 aromatic carbocycles. The Morgan fingerprint density at radius 3 is 2.56 bits per heavy atom. The van der Waals surface area contributed by atoms with E-state index in [9.17, 15) is 4.39 Å². The molecule has 2 N–H and O–H groups in total. The summed E-state index contributed by atoms with van der Waals surface area (Å²) in [5.41, 5.74) is 1.71. The van der Waals surface area contributed by atoms with E-state index in [-0.39, 0.29) is 35.3 Å². The second kappa shape index (κ2) is 10.3. The van der Waals surface area contributed by atoms with Crippen LogP contribution in [0.2, 0.25) is 0 Å². The molecule has 0 atom stereocenters. The van der Waals surface area contributed by atoms with E-state index in [0.717, 1.165) is 44.4 Å². The minimum absolute atomic E-state index is 0. The maximum atomic E-state index is 13.3. The van der Waals surface area contributed by atoms with Crippen molar-refractivity contribution in [2.45, 2.75) is 32.9 Å². The summed E-state index contributed by atoms with van der Waals surface area (Å²) in [7, 11) is 1.76. The van der Waals surface area contributed by atoms with Gasteiger partial charge in [0.25, 0.3) is 0 Å². The summed E-state index contributed by atoms with van der Waals surface area (Å²) < 4.78 is 18.7. The first-order chi connectivity index (χ1) is 11.4. The van der Waals surface area contributed by atoms with Crippen molar-refractivity contribution in [2.24, 2.45) is 4.99 Å². The summed E-state index contributed by atoms with van der Waals surface area (Å²) in [6.07, 6.45) is 0. The van der Waals surface area contributed by atoms with Gasteiger partial charge < -0.3 is 15.4 Å². The van der Waals surface area contributed by atoms with E-state index in [1.54, 1.807) is 20.0 Å². The van der Waals surface area contributed by atoms with Crippen LogP contribution in [0.5, 0.6) is 0 Å². The Bertz CT molecular complexity index is 574. The standard InChI is InChI=1S/C18H29FN4O.HI/c1-14-11-15(5-6-16(14)19)12-21-17(20-4)22-13-18(2,3)23-7-9-24-10-8-23;/h5-6,11H,7-10,12-13H2,1-4H3,(H2,20,21,22);1H. The van der Waals surface area contributed by atoms with E-state index in [0.29, 0.717) is 12.1 Å². The van der Waals surface area contributed by atoms with Gasteiger partial charge in [0.1, 0.15) is 5.82 Å². The molecule has 0 saturated carbocycles. The molecular weight excluding hydrogens is 434 g/mol. The van der Waals surface area contributed by atoms with Crippen LogP contribution >= 0.6 is 24.0 Å². The monoisotopic (exact) mass is 464 g/mol. The number of nitrogens with zero attached hydrogens (tertiary/aromatic N) is 2. The van der Waals surface area contributed by atoms with Gasteiger partial charge in [-0.15, -0.1) is 24.0 Å². The molecule has 5 nitrogen and oxygen atoms in total. The van der Waals surface area contributed by atoms with Gasteiger partial charge in [-0.3, -0.25) is 9.89 Å². The summed E-state index contributed by atoms with van der Waals surface area (Å²) in [5.74, 6) is 0.576. The molecule has 2 rings (SSSR count). The number of benzene rings is 1. The van der Waals surface area contributed by atoms with Crippen LogP contribution in [0.4, 0.5) is 4.39 Å². The Labute approximate surface area is 167 Å². The van der Waals surface area contributed by atoms with E-state index in [1.165, 1.54) is 6.07 Å². The van der Waals surface area contributed by atoms with E-state index in [4.69, 9.17) is 4.74 Å². The van der Waals surface area contributed by atoms with Gasteiger partial charge in [0, 0.05) is 38.8 Å². The third-order valence-electron chi connectivity index (χ3n) is 4.46. The smallest absolute Gasteiger partial charge is 0.191 e. The van der Waals surface area contributed by atoms with Crippen molar-refractivity contribution in [3.05, 3.63) is 35.1 Å². The predicted molar refractivity (Wildman–Crippen MR) is 111 cm³/mol. The van der Waals surface area contributed by atoms with Crippen LogP contribution in [0.15, 0.2) is 23.2 Å². The van der Waals surface area contributed by atoms with Crippen molar-refractivity contribution < 1.29 is 9.13 Å². The number of hydrogen-bond donors (Lipinski definition) is 2. The van der Waals surface area contributed by atoms with Crippen LogP contribution in [0, 0.1) is 12.7 Å². The Morgan fingerprint density at radius 2 is 1.96 bits per heavy atom. The molecule has 1 aromatic rings. The van der Waals surface area contributed by atoms with Gasteiger partial charge in [-0.25, -0.2) is 4.39 Å². The van der Waals surface area contributed by atoms with Crippen LogP contribution in [-0.4, -0.2) is 56.3 Å². The Kier molecular flexibility index (Phi) is 9.09. The van der Waals surface area contributed by atoms with Crippen molar-refractivity contribution in [1.29, 1.82) is 0 Å². The molecular formula is C18H30FIN4O. The van der Waals surface area contributed by atoms with Gasteiger partial charge in [0.2, 0.25) is 0 Å². The van der Waals surface area contributed by atoms with Crippen molar-refractivity contribution in [3.63, 3.8) is 0 Å². The molecule has 1 aliphatic heterocycles. The van der Waals surface area contributed by atoms with Crippen LogP contribution in [0.3, 0.4) is 0 Å². The number of hydrogen-bond acceptors (Lipinski definition) is 3. The fourth-order valence-electron chi connectivity index (χ4n) is 2.80. The molecule has 0 unspecified atom stereocenters. The van der Waals surface area contributed by atoms with Crippen molar-refractivity contribution in [2.75, 3.05) is 39.9 Å². The molecule has 25 heavy (non-hydrogen) atoms. The molecule has 0 bridgehead atoms. The third kappa shape index (κ3) is 6.71. The number of aryl methyl sites for hydroxylation is 1. The number of aliphatic imine (C=N–C) groups is 1. The molecule has 1 aliphatic rings. The maximum Gasteiger partial charge on any atom is 0.191 e. The van der Waals surface area contributed by atoms with Crippen LogP contribution in [-0.2, 0) is 11.3 Å². The first-order valence-corrected chi connectivity index (χ1v) is 8.45. The Balaban J connectivity index is 0.00000312. The zero-order valence-electron chi connectivity index (χ0n) is 15.6. The maximum absolute atomic E-state index is 13.3. The molecule has 0 spiro atoms. The fourth-order valence-corrected chi connectivity index (χ4v) is 2.80. The van der Waals surface area contributed by atoms with Crippen molar-refractivity contribution in [1.82, 2.24) is 15.5 Å². The van der Waals surface area contributed by atoms with Crippen molar-refractivity contribution >= 4 is 29.9 Å². The normalized spacial score (nSPS) is 16.3. The number of halogens is 2. The molecule has 0 radical (unpaired) electrons. The first kappa shape index (κ1) is 22.1. The van der Waals surface area contributed by atoms with Crippen LogP contribution in [0.25, 0.3) is 0 Å². The zero-order chi connectivity index (χ0) is 17.6. The molecule has 0 aromatic heterocycles. The zero-order valence-corrected chi connectivity index (χ0v) is 17.9. The average molecular weight is 464 g/mol. The van der Waals surface area contributed by atoms with Crippen LogP contribution < -0.4 is 10.6 Å². The second-order valence-electron chi connectivity index (χ2n) is 6.77. The van der Waals surface area contributed by atoms with Crippen LogP contribution in [0.1, 0.15) is 25.0 Å². The lowest BCUT2D eigenvalue weighted by Gasteiger charge is -2.41. The van der Waals surface area contributed by atoms with Gasteiger partial charge in [-0.1, -0.05) is 12.1 Å². The number of guanidine groups is 1. The summed E-state index contributed by atoms with van der Waals surface area (Å²) in [6, 6.07) is 5.15. The Hall–Kier alpha value is -0.930. The predicted octanol–water partition coefficient (Wildman–Crippen LogP) is 2.53. The minimum atomic E-state index is -0.173. The van der Waals surface area contributed by atoms with E-state index in [2.05, 4.69) is 34.4 Å². The van der Waals surface area contributed by atoms with E-state index in [1.807, 2.05) is 6.07 Å². The number of nitrogens with one attached hydrogen (secondary N) is 2. The largest absolute Gasteiger partial charge is 0.379 e. The van der Waals surface area contributed by atoms with E-state index >= 15 is 0 Å². The highest BCUT2D eigenvalue weighted by atomic mass is 127. The highest BCUT2D eigenvalue weighted by Crippen LogP contribution is 2.15. The highest BCUT2D eigenvalue weighted by Gasteiger charge is 2.28. The van der Waals surface area contributed by atoms with Gasteiger partial charge in [-0.2, -0.15) is 0 Å². The highest BCUT2D eigenvalue weighted by molar-refractivity contribution is 14.0. The summed E-state index contributed by atoms with van der Waals surface area (Å²) in [5, 5.41) is 6.67. The van der Waals surface area contributed by atoms with Gasteiger partial charge in [0.05, 0.1) is 13.2 Å². The molecule has 1 saturated heterocycles. The lowest BCUT2D eigenvalue weighted by atomic mass is 10.0. The topological polar surface area (TPSA) is 48.9 Å². The number of rotatable bonds is 5. The molecule has 7 heteroatoms. The number of morpholine rings is 1. The molecule has 1 fully saturated rings. The second-order valence-corrected chi connectivity index (χ2v) is 6.77. The van der Waals surface area contributed by atoms with E-state index < -0.39 is 0 Å². The molecule has 1 heterocycles. The lowest BCUT2D eigenvalue weighted by Crippen LogP contribution is -2.56.